The molecule has 0 atom stereocenters. The van der Waals surface area contributed by atoms with Gasteiger partial charge < -0.3 is 9.80 Å². The zero-order valence-electron chi connectivity index (χ0n) is 16.7. The van der Waals surface area contributed by atoms with Crippen molar-refractivity contribution in [3.8, 4) is 0 Å². The summed E-state index contributed by atoms with van der Waals surface area (Å²) in [7, 11) is -2.50. The molecular formula is C19H28N4O5S. The van der Waals surface area contributed by atoms with Crippen LogP contribution in [0.1, 0.15) is 38.5 Å². The maximum Gasteiger partial charge on any atom is 0.293 e. The summed E-state index contributed by atoms with van der Waals surface area (Å²) in [5, 5.41) is 11.5. The molecule has 0 radical (unpaired) electrons. The van der Waals surface area contributed by atoms with Crippen molar-refractivity contribution in [2.45, 2.75) is 43.4 Å². The van der Waals surface area contributed by atoms with Crippen LogP contribution in [0.5, 0.6) is 0 Å². The van der Waals surface area contributed by atoms with E-state index in [1.54, 1.807) is 0 Å². The SMILES string of the molecule is CNS(=O)(=O)c1ccc(N2CCN(C(=O)CC3CCCCC3)CC2)c([N+](=O)[O-])c1. The number of nitrogens with one attached hydrogen (secondary N) is 1. The Morgan fingerprint density at radius 1 is 1.17 bits per heavy atom. The Balaban J connectivity index is 1.67. The molecule has 1 aliphatic heterocycles. The fourth-order valence-electron chi connectivity index (χ4n) is 4.17. The van der Waals surface area contributed by atoms with Gasteiger partial charge in [-0.1, -0.05) is 19.3 Å². The van der Waals surface area contributed by atoms with Crippen LogP contribution in [0.4, 0.5) is 11.4 Å². The summed E-state index contributed by atoms with van der Waals surface area (Å²) in [5.41, 5.74) is 0.132. The largest absolute Gasteiger partial charge is 0.362 e. The number of hydrogen-bond donors (Lipinski definition) is 1. The van der Waals surface area contributed by atoms with Gasteiger partial charge in [-0.2, -0.15) is 0 Å². The molecule has 1 heterocycles. The summed E-state index contributed by atoms with van der Waals surface area (Å²) in [6, 6.07) is 3.93. The lowest BCUT2D eigenvalue weighted by Gasteiger charge is -2.36. The van der Waals surface area contributed by atoms with E-state index in [2.05, 4.69) is 4.72 Å². The van der Waals surface area contributed by atoms with Crippen molar-refractivity contribution in [1.29, 1.82) is 0 Å². The van der Waals surface area contributed by atoms with Crippen LogP contribution in [0.25, 0.3) is 0 Å². The van der Waals surface area contributed by atoms with E-state index in [9.17, 15) is 23.3 Å². The molecule has 1 N–H and O–H groups in total. The van der Waals surface area contributed by atoms with Gasteiger partial charge in [-0.25, -0.2) is 13.1 Å². The average molecular weight is 425 g/mol. The molecule has 1 amide bonds. The van der Waals surface area contributed by atoms with E-state index in [4.69, 9.17) is 0 Å². The molecule has 0 spiro atoms. The van der Waals surface area contributed by atoms with Crippen LogP contribution >= 0.6 is 0 Å². The summed E-state index contributed by atoms with van der Waals surface area (Å²) in [4.78, 5) is 27.1. The van der Waals surface area contributed by atoms with Gasteiger partial charge in [-0.05, 0) is 37.9 Å². The molecule has 0 unspecified atom stereocenters. The van der Waals surface area contributed by atoms with Gasteiger partial charge in [-0.15, -0.1) is 0 Å². The number of benzene rings is 1. The molecular weight excluding hydrogens is 396 g/mol. The number of rotatable bonds is 6. The summed E-state index contributed by atoms with van der Waals surface area (Å²) in [6.07, 6.45) is 6.51. The third-order valence-electron chi connectivity index (χ3n) is 5.88. The van der Waals surface area contributed by atoms with Crippen molar-refractivity contribution >= 4 is 27.3 Å². The molecule has 0 aromatic heterocycles. The molecule has 10 heteroatoms. The number of amides is 1. The van der Waals surface area contributed by atoms with Crippen molar-refractivity contribution < 1.29 is 18.1 Å². The second-order valence-corrected chi connectivity index (χ2v) is 9.58. The molecule has 1 aromatic carbocycles. The summed E-state index contributed by atoms with van der Waals surface area (Å²) >= 11 is 0. The van der Waals surface area contributed by atoms with Crippen LogP contribution in [0.3, 0.4) is 0 Å². The van der Waals surface area contributed by atoms with Gasteiger partial charge in [-0.3, -0.25) is 14.9 Å². The number of nitro benzene ring substituents is 1. The van der Waals surface area contributed by atoms with E-state index in [0.29, 0.717) is 44.2 Å². The monoisotopic (exact) mass is 424 g/mol. The van der Waals surface area contributed by atoms with Crippen molar-refractivity contribution in [3.63, 3.8) is 0 Å². The van der Waals surface area contributed by atoms with Crippen LogP contribution in [0.15, 0.2) is 23.1 Å². The highest BCUT2D eigenvalue weighted by Crippen LogP contribution is 2.32. The van der Waals surface area contributed by atoms with Crippen LogP contribution in [0, 0.1) is 16.0 Å². The van der Waals surface area contributed by atoms with Gasteiger partial charge >= 0.3 is 0 Å². The van der Waals surface area contributed by atoms with Crippen molar-refractivity contribution in [2.75, 3.05) is 38.1 Å². The van der Waals surface area contributed by atoms with E-state index in [1.807, 2.05) is 9.80 Å². The predicted molar refractivity (Wildman–Crippen MR) is 109 cm³/mol. The van der Waals surface area contributed by atoms with Crippen molar-refractivity contribution in [1.82, 2.24) is 9.62 Å². The third kappa shape index (κ3) is 5.05. The topological polar surface area (TPSA) is 113 Å². The molecule has 1 saturated heterocycles. The second kappa shape index (κ2) is 9.08. The second-order valence-electron chi connectivity index (χ2n) is 7.69. The Bertz CT molecular complexity index is 859. The van der Waals surface area contributed by atoms with E-state index in [-0.39, 0.29) is 16.5 Å². The van der Waals surface area contributed by atoms with Crippen molar-refractivity contribution in [3.05, 3.63) is 28.3 Å². The third-order valence-corrected chi connectivity index (χ3v) is 7.30. The number of piperazine rings is 1. The lowest BCUT2D eigenvalue weighted by Crippen LogP contribution is -2.49. The Hall–Kier alpha value is -2.20. The fraction of sp³-hybridized carbons (Fsp3) is 0.632. The van der Waals surface area contributed by atoms with Gasteiger partial charge in [0.1, 0.15) is 5.69 Å². The molecule has 3 rings (SSSR count). The Morgan fingerprint density at radius 2 is 1.83 bits per heavy atom. The standard InChI is InChI=1S/C19H28N4O5S/c1-20-29(27,28)16-7-8-17(18(14-16)23(25)26)21-9-11-22(12-10-21)19(24)13-15-5-3-2-4-6-15/h7-8,14-15,20H,2-6,9-13H2,1H3. The van der Waals surface area contributed by atoms with E-state index >= 15 is 0 Å². The number of nitro groups is 1. The number of anilines is 1. The molecule has 2 fully saturated rings. The van der Waals surface area contributed by atoms with Gasteiger partial charge in [0.25, 0.3) is 5.69 Å². The van der Waals surface area contributed by atoms with Gasteiger partial charge in [0, 0.05) is 38.7 Å². The van der Waals surface area contributed by atoms with E-state index in [1.165, 1.54) is 38.4 Å². The van der Waals surface area contributed by atoms with Gasteiger partial charge in [0.15, 0.2) is 0 Å². The Labute approximate surface area is 171 Å². The quantitative estimate of drug-likeness (QED) is 0.553. The summed E-state index contributed by atoms with van der Waals surface area (Å²) in [6.45, 7) is 1.99. The maximum atomic E-state index is 12.6. The van der Waals surface area contributed by atoms with Crippen LogP contribution in [-0.4, -0.2) is 57.4 Å². The first-order valence-corrected chi connectivity index (χ1v) is 11.5. The van der Waals surface area contributed by atoms with Crippen molar-refractivity contribution in [2.24, 2.45) is 5.92 Å². The number of sulfonamides is 1. The van der Waals surface area contributed by atoms with Crippen LogP contribution in [0.2, 0.25) is 0 Å². The first kappa shape index (κ1) is 21.5. The van der Waals surface area contributed by atoms with Gasteiger partial charge in [0.05, 0.1) is 9.82 Å². The molecule has 29 heavy (non-hydrogen) atoms. The smallest absolute Gasteiger partial charge is 0.293 e. The zero-order valence-corrected chi connectivity index (χ0v) is 17.5. The van der Waals surface area contributed by atoms with Gasteiger partial charge in [0.2, 0.25) is 15.9 Å². The lowest BCUT2D eigenvalue weighted by molar-refractivity contribution is -0.384. The first-order valence-electron chi connectivity index (χ1n) is 10.1. The number of carbonyl (C=O) groups is 1. The summed E-state index contributed by atoms with van der Waals surface area (Å²) in [5.74, 6) is 0.651. The normalized spacial score (nSPS) is 18.7. The molecule has 0 bridgehead atoms. The minimum atomic E-state index is -3.76. The van der Waals surface area contributed by atoms with E-state index < -0.39 is 14.9 Å². The first-order chi connectivity index (χ1) is 13.8. The minimum absolute atomic E-state index is 0.142. The highest BCUT2D eigenvalue weighted by Gasteiger charge is 2.28. The molecule has 160 valence electrons. The minimum Gasteiger partial charge on any atom is -0.362 e. The van der Waals surface area contributed by atoms with Crippen LogP contribution < -0.4 is 9.62 Å². The number of hydrogen-bond acceptors (Lipinski definition) is 6. The van der Waals surface area contributed by atoms with E-state index in [0.717, 1.165) is 18.9 Å². The predicted octanol–water partition coefficient (Wildman–Crippen LogP) is 2.12. The molecule has 1 aromatic rings. The molecule has 1 saturated carbocycles. The maximum absolute atomic E-state index is 12.6. The summed E-state index contributed by atoms with van der Waals surface area (Å²) < 4.78 is 26.1. The molecule has 9 nitrogen and oxygen atoms in total. The fourth-order valence-corrected chi connectivity index (χ4v) is 4.92. The average Bonchev–Trinajstić information content (AvgIpc) is 2.74. The Morgan fingerprint density at radius 3 is 2.41 bits per heavy atom. The lowest BCUT2D eigenvalue weighted by atomic mass is 9.86. The Kier molecular flexibility index (Phi) is 6.74. The molecule has 2 aliphatic rings. The highest BCUT2D eigenvalue weighted by molar-refractivity contribution is 7.89. The highest BCUT2D eigenvalue weighted by atomic mass is 32.2. The number of nitrogens with zero attached hydrogens (tertiary/aromatic N) is 3. The number of carbonyl (C=O) groups excluding carboxylic acids is 1. The van der Waals surface area contributed by atoms with Crippen LogP contribution in [-0.2, 0) is 14.8 Å². The zero-order chi connectivity index (χ0) is 21.0. The molecule has 1 aliphatic carbocycles.